The quantitative estimate of drug-likeness (QED) is 0.489. The van der Waals surface area contributed by atoms with Crippen LogP contribution in [0.3, 0.4) is 0 Å². The minimum Gasteiger partial charge on any atom is -0.375 e. The Morgan fingerprint density at radius 1 is 1.40 bits per heavy atom. The third kappa shape index (κ3) is 3.88. The van der Waals surface area contributed by atoms with Crippen LogP contribution in [0, 0.1) is 5.82 Å². The summed E-state index contributed by atoms with van der Waals surface area (Å²) in [4.78, 5) is 4.28. The number of anilines is 1. The molecule has 0 spiro atoms. The van der Waals surface area contributed by atoms with Crippen LogP contribution in [0.1, 0.15) is 5.56 Å². The predicted molar refractivity (Wildman–Crippen MR) is 83.6 cm³/mol. The number of halogens is 1. The summed E-state index contributed by atoms with van der Waals surface area (Å²) in [5.41, 5.74) is 9.16. The van der Waals surface area contributed by atoms with Crippen LogP contribution in [-0.2, 0) is 0 Å². The summed E-state index contributed by atoms with van der Waals surface area (Å²) >= 11 is 4.65. The van der Waals surface area contributed by atoms with Crippen molar-refractivity contribution in [2.75, 3.05) is 38.1 Å². The molecule has 108 valence electrons. The lowest BCUT2D eigenvalue weighted by molar-refractivity contribution is 0.311. The van der Waals surface area contributed by atoms with E-state index in [1.807, 2.05) is 4.90 Å². The average molecular weight is 295 g/mol. The van der Waals surface area contributed by atoms with Gasteiger partial charge < -0.3 is 15.5 Å². The molecule has 0 unspecified atom stereocenters. The molecule has 1 fully saturated rings. The molecule has 0 saturated carbocycles. The van der Waals surface area contributed by atoms with E-state index in [2.05, 4.69) is 34.7 Å². The van der Waals surface area contributed by atoms with Crippen LogP contribution < -0.4 is 16.1 Å². The Bertz CT molecular complexity index is 511. The number of hydrazone groups is 1. The number of rotatable bonds is 3. The molecule has 5 nitrogen and oxygen atoms in total. The smallest absolute Gasteiger partial charge is 0.184 e. The summed E-state index contributed by atoms with van der Waals surface area (Å²) < 4.78 is 13.9. The van der Waals surface area contributed by atoms with Gasteiger partial charge in [0, 0.05) is 26.2 Å². The Hall–Kier alpha value is -1.73. The van der Waals surface area contributed by atoms with Gasteiger partial charge in [0.15, 0.2) is 5.11 Å². The maximum atomic E-state index is 13.9. The van der Waals surface area contributed by atoms with Crippen molar-refractivity contribution in [1.29, 1.82) is 0 Å². The van der Waals surface area contributed by atoms with Gasteiger partial charge in [-0.1, -0.05) is 6.07 Å². The second kappa shape index (κ2) is 6.62. The van der Waals surface area contributed by atoms with Gasteiger partial charge in [-0.15, -0.1) is 0 Å². The van der Waals surface area contributed by atoms with Crippen molar-refractivity contribution >= 4 is 29.2 Å². The molecule has 7 heteroatoms. The number of piperazine rings is 1. The fraction of sp³-hybridized carbons (Fsp3) is 0.385. The van der Waals surface area contributed by atoms with E-state index >= 15 is 0 Å². The van der Waals surface area contributed by atoms with Crippen LogP contribution in [-0.4, -0.2) is 49.5 Å². The third-order valence-electron chi connectivity index (χ3n) is 3.20. The third-order valence-corrected chi connectivity index (χ3v) is 3.29. The number of benzene rings is 1. The lowest BCUT2D eigenvalue weighted by atomic mass is 10.1. The largest absolute Gasteiger partial charge is 0.375 e. The van der Waals surface area contributed by atoms with Gasteiger partial charge in [-0.05, 0) is 37.0 Å². The number of likely N-dealkylation sites (N-methyl/N-ethyl adjacent to an activating group) is 1. The molecule has 2 rings (SSSR count). The summed E-state index contributed by atoms with van der Waals surface area (Å²) in [6.07, 6.45) is 1.57. The minimum absolute atomic E-state index is 0.0997. The molecule has 1 heterocycles. The highest BCUT2D eigenvalue weighted by molar-refractivity contribution is 7.80. The van der Waals surface area contributed by atoms with Crippen molar-refractivity contribution in [3.05, 3.63) is 29.6 Å². The van der Waals surface area contributed by atoms with Gasteiger partial charge in [-0.25, -0.2) is 4.39 Å². The van der Waals surface area contributed by atoms with E-state index in [1.165, 1.54) is 6.07 Å². The van der Waals surface area contributed by atoms with Crippen molar-refractivity contribution in [2.45, 2.75) is 0 Å². The van der Waals surface area contributed by atoms with E-state index in [9.17, 15) is 4.39 Å². The fourth-order valence-corrected chi connectivity index (χ4v) is 2.12. The zero-order valence-corrected chi connectivity index (χ0v) is 12.2. The topological polar surface area (TPSA) is 56.9 Å². The molecule has 20 heavy (non-hydrogen) atoms. The van der Waals surface area contributed by atoms with Crippen LogP contribution in [0.2, 0.25) is 0 Å². The van der Waals surface area contributed by atoms with E-state index in [1.54, 1.807) is 18.3 Å². The minimum atomic E-state index is -0.214. The van der Waals surface area contributed by atoms with Crippen molar-refractivity contribution < 1.29 is 4.39 Å². The van der Waals surface area contributed by atoms with Crippen molar-refractivity contribution in [3.8, 4) is 0 Å². The summed E-state index contributed by atoms with van der Waals surface area (Å²) in [5.74, 6) is -0.214. The summed E-state index contributed by atoms with van der Waals surface area (Å²) in [6.45, 7) is 3.50. The standard InChI is InChI=1S/C13H18FN5S/c1-18-4-6-19(7-5-18)12-8-10(2-3-11(12)14)9-16-17-13(15)20/h2-3,8-9H,4-7H2,1H3,(H3,15,17,20). The zero-order valence-electron chi connectivity index (χ0n) is 11.3. The van der Waals surface area contributed by atoms with Crippen LogP contribution in [0.5, 0.6) is 0 Å². The Morgan fingerprint density at radius 3 is 2.75 bits per heavy atom. The highest BCUT2D eigenvalue weighted by Crippen LogP contribution is 2.21. The molecular formula is C13H18FN5S. The zero-order chi connectivity index (χ0) is 14.5. The fourth-order valence-electron chi connectivity index (χ4n) is 2.07. The molecule has 3 N–H and O–H groups in total. The molecule has 0 aliphatic carbocycles. The van der Waals surface area contributed by atoms with Gasteiger partial charge in [0.25, 0.3) is 0 Å². The highest BCUT2D eigenvalue weighted by atomic mass is 32.1. The highest BCUT2D eigenvalue weighted by Gasteiger charge is 2.17. The van der Waals surface area contributed by atoms with E-state index in [-0.39, 0.29) is 10.9 Å². The van der Waals surface area contributed by atoms with Crippen LogP contribution in [0.4, 0.5) is 10.1 Å². The SMILES string of the molecule is CN1CCN(c2cc(C=NNC(N)=S)ccc2F)CC1. The van der Waals surface area contributed by atoms with Crippen molar-refractivity contribution in [2.24, 2.45) is 10.8 Å². The molecule has 0 radical (unpaired) electrons. The Morgan fingerprint density at radius 2 is 2.10 bits per heavy atom. The molecule has 0 bridgehead atoms. The van der Waals surface area contributed by atoms with Gasteiger partial charge in [0.2, 0.25) is 0 Å². The second-order valence-corrected chi connectivity index (χ2v) is 5.18. The first-order valence-corrected chi connectivity index (χ1v) is 6.78. The first-order valence-electron chi connectivity index (χ1n) is 6.38. The molecule has 0 aromatic heterocycles. The van der Waals surface area contributed by atoms with E-state index in [4.69, 9.17) is 5.73 Å². The molecule has 1 saturated heterocycles. The first kappa shape index (κ1) is 14.7. The number of hydrogen-bond acceptors (Lipinski definition) is 4. The second-order valence-electron chi connectivity index (χ2n) is 4.74. The predicted octanol–water partition coefficient (Wildman–Crippen LogP) is 0.745. The van der Waals surface area contributed by atoms with Gasteiger partial charge in [0.1, 0.15) is 5.82 Å². The van der Waals surface area contributed by atoms with Gasteiger partial charge in [0.05, 0.1) is 11.9 Å². The molecule has 0 atom stereocenters. The molecule has 0 amide bonds. The summed E-state index contributed by atoms with van der Waals surface area (Å²) in [5, 5.41) is 3.98. The monoisotopic (exact) mass is 295 g/mol. The van der Waals surface area contributed by atoms with E-state index in [0.29, 0.717) is 5.69 Å². The van der Waals surface area contributed by atoms with Gasteiger partial charge in [-0.2, -0.15) is 5.10 Å². The van der Waals surface area contributed by atoms with E-state index < -0.39 is 0 Å². The molecule has 1 aromatic rings. The van der Waals surface area contributed by atoms with Crippen LogP contribution >= 0.6 is 12.2 Å². The Balaban J connectivity index is 2.12. The Labute approximate surface area is 123 Å². The molecule has 1 aliphatic heterocycles. The lowest BCUT2D eigenvalue weighted by Gasteiger charge is -2.34. The molecule has 1 aromatic carbocycles. The number of nitrogens with one attached hydrogen (secondary N) is 1. The maximum Gasteiger partial charge on any atom is 0.184 e. The van der Waals surface area contributed by atoms with Crippen LogP contribution in [0.15, 0.2) is 23.3 Å². The van der Waals surface area contributed by atoms with Gasteiger partial charge >= 0.3 is 0 Å². The van der Waals surface area contributed by atoms with Crippen molar-refractivity contribution in [1.82, 2.24) is 10.3 Å². The summed E-state index contributed by atoms with van der Waals surface area (Å²) in [6, 6.07) is 4.90. The maximum absolute atomic E-state index is 13.9. The Kier molecular flexibility index (Phi) is 4.86. The van der Waals surface area contributed by atoms with Crippen molar-refractivity contribution in [3.63, 3.8) is 0 Å². The number of hydrogen-bond donors (Lipinski definition) is 2. The number of nitrogens with two attached hydrogens (primary N) is 1. The first-order chi connectivity index (χ1) is 9.56. The lowest BCUT2D eigenvalue weighted by Crippen LogP contribution is -2.44. The van der Waals surface area contributed by atoms with Crippen LogP contribution in [0.25, 0.3) is 0 Å². The molecular weight excluding hydrogens is 277 g/mol. The van der Waals surface area contributed by atoms with Gasteiger partial charge in [-0.3, -0.25) is 5.43 Å². The number of thiocarbonyl (C=S) groups is 1. The summed E-state index contributed by atoms with van der Waals surface area (Å²) in [7, 11) is 2.07. The normalized spacial score (nSPS) is 16.6. The number of nitrogens with zero attached hydrogens (tertiary/aromatic N) is 3. The van der Waals surface area contributed by atoms with E-state index in [0.717, 1.165) is 31.7 Å². The average Bonchev–Trinajstić information content (AvgIpc) is 2.41. The molecule has 1 aliphatic rings.